The molecule has 0 unspecified atom stereocenters. The van der Waals surface area contributed by atoms with E-state index in [1.54, 1.807) is 12.1 Å². The number of carbonyl (C=O) groups is 2. The van der Waals surface area contributed by atoms with E-state index < -0.39 is 0 Å². The largest absolute Gasteiger partial charge is 0.368 e. The minimum atomic E-state index is -0.227. The van der Waals surface area contributed by atoms with Gasteiger partial charge < -0.3 is 9.80 Å². The number of hydrogen-bond donors (Lipinski definition) is 0. The molecule has 2 aromatic carbocycles. The van der Waals surface area contributed by atoms with Crippen LogP contribution in [0.15, 0.2) is 60.3 Å². The predicted molar refractivity (Wildman–Crippen MR) is 111 cm³/mol. The van der Waals surface area contributed by atoms with E-state index in [2.05, 4.69) is 21.9 Å². The van der Waals surface area contributed by atoms with Crippen molar-refractivity contribution < 1.29 is 9.59 Å². The summed E-state index contributed by atoms with van der Waals surface area (Å²) < 4.78 is 0. The second-order valence-electron chi connectivity index (χ2n) is 6.89. The lowest BCUT2D eigenvalue weighted by molar-refractivity contribution is -0.137. The van der Waals surface area contributed by atoms with Gasteiger partial charge in [0.1, 0.15) is 5.70 Å². The summed E-state index contributed by atoms with van der Waals surface area (Å²) in [4.78, 5) is 31.6. The Balaban J connectivity index is 1.64. The maximum absolute atomic E-state index is 13.0. The number of imide groups is 1. The van der Waals surface area contributed by atoms with Crippen LogP contribution in [0.25, 0.3) is 5.57 Å². The van der Waals surface area contributed by atoms with Gasteiger partial charge in [-0.3, -0.25) is 14.5 Å². The van der Waals surface area contributed by atoms with E-state index in [9.17, 15) is 9.59 Å². The van der Waals surface area contributed by atoms with Crippen LogP contribution < -0.4 is 4.90 Å². The molecule has 2 aliphatic heterocycles. The van der Waals surface area contributed by atoms with Gasteiger partial charge in [-0.1, -0.05) is 41.9 Å². The molecular formula is C22H22ClN3O2. The molecule has 0 spiro atoms. The molecule has 2 heterocycles. The van der Waals surface area contributed by atoms with Gasteiger partial charge in [0.05, 0.1) is 5.57 Å². The van der Waals surface area contributed by atoms with Crippen LogP contribution in [-0.2, 0) is 9.59 Å². The zero-order chi connectivity index (χ0) is 19.7. The fraction of sp³-hybridized carbons (Fsp3) is 0.273. The molecule has 6 heteroatoms. The average Bonchev–Trinajstić information content (AvgIpc) is 2.99. The number of carbonyl (C=O) groups excluding carboxylic acids is 2. The number of likely N-dealkylation sites (N-methyl/N-ethyl adjacent to an activating group) is 1. The predicted octanol–water partition coefficient (Wildman–Crippen LogP) is 3.26. The Morgan fingerprint density at radius 2 is 1.43 bits per heavy atom. The third-order valence-corrected chi connectivity index (χ3v) is 5.56. The number of benzene rings is 2. The lowest BCUT2D eigenvalue weighted by atomic mass is 10.0. The highest BCUT2D eigenvalue weighted by Gasteiger charge is 2.41. The Morgan fingerprint density at radius 1 is 0.821 bits per heavy atom. The van der Waals surface area contributed by atoms with E-state index in [4.69, 9.17) is 11.6 Å². The first-order chi connectivity index (χ1) is 13.6. The molecule has 0 atom stereocenters. The van der Waals surface area contributed by atoms with Gasteiger partial charge in [-0.25, -0.2) is 0 Å². The summed E-state index contributed by atoms with van der Waals surface area (Å²) in [7, 11) is 0. The van der Waals surface area contributed by atoms with E-state index in [-0.39, 0.29) is 11.8 Å². The van der Waals surface area contributed by atoms with Gasteiger partial charge in [0, 0.05) is 43.4 Å². The topological polar surface area (TPSA) is 43.9 Å². The van der Waals surface area contributed by atoms with Crippen LogP contribution in [0, 0.1) is 0 Å². The molecule has 0 N–H and O–H groups in total. The van der Waals surface area contributed by atoms with E-state index in [1.807, 2.05) is 37.3 Å². The molecule has 28 heavy (non-hydrogen) atoms. The molecule has 0 radical (unpaired) electrons. The van der Waals surface area contributed by atoms with Crippen LogP contribution in [0.2, 0.25) is 5.02 Å². The summed E-state index contributed by atoms with van der Waals surface area (Å²) in [6, 6.07) is 17.4. The zero-order valence-corrected chi connectivity index (χ0v) is 16.5. The maximum atomic E-state index is 13.0. The normalized spacial score (nSPS) is 17.7. The van der Waals surface area contributed by atoms with Crippen molar-refractivity contribution in [2.75, 3.05) is 37.6 Å². The molecule has 4 rings (SSSR count). The number of para-hydroxylation sites is 1. The summed E-state index contributed by atoms with van der Waals surface area (Å²) in [5.41, 5.74) is 2.91. The molecule has 2 aliphatic rings. The second-order valence-corrected chi connectivity index (χ2v) is 7.33. The summed E-state index contributed by atoms with van der Waals surface area (Å²) in [5, 5.41) is 0.603. The monoisotopic (exact) mass is 395 g/mol. The highest BCUT2D eigenvalue weighted by atomic mass is 35.5. The van der Waals surface area contributed by atoms with Crippen molar-refractivity contribution >= 4 is 34.7 Å². The summed E-state index contributed by atoms with van der Waals surface area (Å²) in [6.45, 7) is 5.17. The number of piperazine rings is 1. The minimum Gasteiger partial charge on any atom is -0.368 e. The minimum absolute atomic E-state index is 0.203. The van der Waals surface area contributed by atoms with Crippen molar-refractivity contribution in [1.29, 1.82) is 0 Å². The van der Waals surface area contributed by atoms with Crippen molar-refractivity contribution in [1.82, 2.24) is 9.80 Å². The van der Waals surface area contributed by atoms with Gasteiger partial charge in [-0.15, -0.1) is 0 Å². The number of halogens is 1. The summed E-state index contributed by atoms with van der Waals surface area (Å²) in [6.07, 6.45) is 0. The van der Waals surface area contributed by atoms with Crippen LogP contribution >= 0.6 is 11.6 Å². The average molecular weight is 396 g/mol. The third-order valence-electron chi connectivity index (χ3n) is 5.31. The molecule has 0 saturated carbocycles. The number of amides is 2. The number of rotatable bonds is 4. The molecule has 1 fully saturated rings. The standard InChI is InChI=1S/C22H22ClN3O2/c1-2-26-21(27)19(16-8-10-17(23)11-9-16)20(22(26)28)25-14-12-24(13-15-25)18-6-4-3-5-7-18/h3-11H,2,12-15H2,1H3. The Morgan fingerprint density at radius 3 is 2.04 bits per heavy atom. The molecule has 0 bridgehead atoms. The molecule has 0 aliphatic carbocycles. The first-order valence-electron chi connectivity index (χ1n) is 9.51. The lowest BCUT2D eigenvalue weighted by Gasteiger charge is -2.37. The Bertz CT molecular complexity index is 917. The highest BCUT2D eigenvalue weighted by Crippen LogP contribution is 2.33. The van der Waals surface area contributed by atoms with Crippen molar-refractivity contribution in [2.45, 2.75) is 6.92 Å². The molecule has 0 aromatic heterocycles. The molecular weight excluding hydrogens is 374 g/mol. The van der Waals surface area contributed by atoms with Crippen molar-refractivity contribution in [2.24, 2.45) is 0 Å². The van der Waals surface area contributed by atoms with Gasteiger partial charge in [0.25, 0.3) is 11.8 Å². The van der Waals surface area contributed by atoms with E-state index >= 15 is 0 Å². The molecule has 2 amide bonds. The van der Waals surface area contributed by atoms with Crippen molar-refractivity contribution in [3.8, 4) is 0 Å². The number of nitrogens with zero attached hydrogens (tertiary/aromatic N) is 3. The summed E-state index contributed by atoms with van der Waals surface area (Å²) >= 11 is 6.00. The first-order valence-corrected chi connectivity index (χ1v) is 9.89. The zero-order valence-electron chi connectivity index (χ0n) is 15.8. The van der Waals surface area contributed by atoms with Crippen LogP contribution in [0.5, 0.6) is 0 Å². The van der Waals surface area contributed by atoms with Crippen LogP contribution in [0.1, 0.15) is 12.5 Å². The fourth-order valence-electron chi connectivity index (χ4n) is 3.85. The number of hydrogen-bond acceptors (Lipinski definition) is 4. The Labute approximate surface area is 169 Å². The smallest absolute Gasteiger partial charge is 0.277 e. The van der Waals surface area contributed by atoms with Crippen molar-refractivity contribution in [3.05, 3.63) is 70.9 Å². The van der Waals surface area contributed by atoms with Crippen molar-refractivity contribution in [3.63, 3.8) is 0 Å². The van der Waals surface area contributed by atoms with Gasteiger partial charge >= 0.3 is 0 Å². The van der Waals surface area contributed by atoms with Gasteiger partial charge in [0.15, 0.2) is 0 Å². The van der Waals surface area contributed by atoms with E-state index in [1.165, 1.54) is 10.6 Å². The first kappa shape index (κ1) is 18.6. The SMILES string of the molecule is CCN1C(=O)C(c2ccc(Cl)cc2)=C(N2CCN(c3ccccc3)CC2)C1=O. The van der Waals surface area contributed by atoms with Gasteiger partial charge in [-0.05, 0) is 36.8 Å². The van der Waals surface area contributed by atoms with E-state index in [0.717, 1.165) is 18.7 Å². The Hall–Kier alpha value is -2.79. The second kappa shape index (κ2) is 7.68. The Kier molecular flexibility index (Phi) is 5.09. The van der Waals surface area contributed by atoms with E-state index in [0.29, 0.717) is 35.9 Å². The van der Waals surface area contributed by atoms with Gasteiger partial charge in [-0.2, -0.15) is 0 Å². The quantitative estimate of drug-likeness (QED) is 0.745. The molecule has 144 valence electrons. The van der Waals surface area contributed by atoms with Crippen LogP contribution in [-0.4, -0.2) is 54.3 Å². The molecule has 2 aromatic rings. The lowest BCUT2D eigenvalue weighted by Crippen LogP contribution is -2.47. The third kappa shape index (κ3) is 3.27. The summed E-state index contributed by atoms with van der Waals surface area (Å²) in [5.74, 6) is -0.430. The van der Waals surface area contributed by atoms with Crippen LogP contribution in [0.4, 0.5) is 5.69 Å². The molecule has 1 saturated heterocycles. The van der Waals surface area contributed by atoms with Gasteiger partial charge in [0.2, 0.25) is 0 Å². The van der Waals surface area contributed by atoms with Crippen LogP contribution in [0.3, 0.4) is 0 Å². The highest BCUT2D eigenvalue weighted by molar-refractivity contribution is 6.36. The fourth-order valence-corrected chi connectivity index (χ4v) is 3.97. The molecule has 5 nitrogen and oxygen atoms in total. The number of anilines is 1. The maximum Gasteiger partial charge on any atom is 0.277 e.